The van der Waals surface area contributed by atoms with Crippen molar-refractivity contribution in [1.82, 2.24) is 15.1 Å². The van der Waals surface area contributed by atoms with E-state index >= 15 is 0 Å². The highest BCUT2D eigenvalue weighted by Gasteiger charge is 2.51. The average molecular weight is 388 g/mol. The number of hydrogen-bond donors (Lipinski definition) is 3. The number of β-lactam (4-membered cyclic amide) rings is 1. The van der Waals surface area contributed by atoms with Crippen molar-refractivity contribution >= 4 is 52.7 Å². The number of nitrogens with two attached hydrogens (primary N) is 1. The molecule has 0 radical (unpaired) electrons. The standard InChI is InChI=1S/C12H12N4O5S3/c13-7-9(19)16-8(11(20)21)4(2-22-10(7)16)3-23-12-15-14-5(24-12)1-6(17)18/h7,10H,1-3,13H2,(H,17,18)(H,20,21)/t7?,10-/m0/s1. The molecular weight excluding hydrogens is 376 g/mol. The van der Waals surface area contributed by atoms with Gasteiger partial charge in [0, 0.05) is 11.5 Å². The lowest BCUT2D eigenvalue weighted by Gasteiger charge is -2.48. The molecule has 9 nitrogen and oxygen atoms in total. The topological polar surface area (TPSA) is 147 Å². The molecule has 0 saturated carbocycles. The normalized spacial score (nSPS) is 23.0. The monoisotopic (exact) mass is 388 g/mol. The molecule has 4 N–H and O–H groups in total. The summed E-state index contributed by atoms with van der Waals surface area (Å²) in [6.07, 6.45) is -0.195. The predicted molar refractivity (Wildman–Crippen MR) is 87.7 cm³/mol. The number of aliphatic carboxylic acids is 2. The van der Waals surface area contributed by atoms with E-state index in [2.05, 4.69) is 10.2 Å². The van der Waals surface area contributed by atoms with Gasteiger partial charge >= 0.3 is 11.9 Å². The Kier molecular flexibility index (Phi) is 4.80. The first-order valence-corrected chi connectivity index (χ1v) is 9.56. The van der Waals surface area contributed by atoms with E-state index in [1.807, 2.05) is 0 Å². The number of nitrogens with zero attached hydrogens (tertiary/aromatic N) is 3. The lowest BCUT2D eigenvalue weighted by Crippen LogP contribution is -2.68. The largest absolute Gasteiger partial charge is 0.481 e. The summed E-state index contributed by atoms with van der Waals surface area (Å²) in [5.74, 6) is -1.72. The van der Waals surface area contributed by atoms with Crippen LogP contribution in [-0.4, -0.2) is 66.1 Å². The highest BCUT2D eigenvalue weighted by Crippen LogP contribution is 2.40. The molecule has 0 bridgehead atoms. The second-order valence-corrected chi connectivity index (χ2v) is 8.40. The lowest BCUT2D eigenvalue weighted by molar-refractivity contribution is -0.147. The first-order valence-electron chi connectivity index (χ1n) is 6.71. The highest BCUT2D eigenvalue weighted by molar-refractivity contribution is 8.01. The highest BCUT2D eigenvalue weighted by atomic mass is 32.2. The number of rotatable bonds is 6. The van der Waals surface area contributed by atoms with Crippen LogP contribution in [0, 0.1) is 0 Å². The van der Waals surface area contributed by atoms with E-state index in [0.29, 0.717) is 26.4 Å². The van der Waals surface area contributed by atoms with E-state index in [0.717, 1.165) is 11.3 Å². The molecule has 1 amide bonds. The van der Waals surface area contributed by atoms with Gasteiger partial charge in [-0.2, -0.15) is 0 Å². The summed E-state index contributed by atoms with van der Waals surface area (Å²) < 4.78 is 0.558. The van der Waals surface area contributed by atoms with Gasteiger partial charge in [0.15, 0.2) is 4.34 Å². The van der Waals surface area contributed by atoms with Crippen molar-refractivity contribution in [2.24, 2.45) is 5.73 Å². The number of aromatic nitrogens is 2. The molecule has 0 aromatic carbocycles. The summed E-state index contributed by atoms with van der Waals surface area (Å²) in [5, 5.41) is 25.9. The molecule has 12 heteroatoms. The van der Waals surface area contributed by atoms with Gasteiger partial charge < -0.3 is 15.9 Å². The van der Waals surface area contributed by atoms with Crippen LogP contribution in [0.3, 0.4) is 0 Å². The molecule has 1 aromatic rings. The van der Waals surface area contributed by atoms with Crippen LogP contribution in [0.25, 0.3) is 0 Å². The van der Waals surface area contributed by atoms with Crippen molar-refractivity contribution in [2.75, 3.05) is 11.5 Å². The van der Waals surface area contributed by atoms with Gasteiger partial charge in [-0.15, -0.1) is 22.0 Å². The van der Waals surface area contributed by atoms with Crippen LogP contribution < -0.4 is 5.73 Å². The molecule has 24 heavy (non-hydrogen) atoms. The lowest BCUT2D eigenvalue weighted by atomic mass is 10.0. The van der Waals surface area contributed by atoms with Crippen molar-refractivity contribution in [2.45, 2.75) is 22.2 Å². The van der Waals surface area contributed by atoms with E-state index in [4.69, 9.17) is 10.8 Å². The second kappa shape index (κ2) is 6.70. The Hall–Kier alpha value is -1.63. The summed E-state index contributed by atoms with van der Waals surface area (Å²) in [6.45, 7) is 0. The van der Waals surface area contributed by atoms with E-state index in [9.17, 15) is 19.5 Å². The minimum absolute atomic E-state index is 0.00627. The van der Waals surface area contributed by atoms with Gasteiger partial charge in [-0.1, -0.05) is 23.1 Å². The number of carbonyl (C=O) groups is 3. The third-order valence-electron chi connectivity index (χ3n) is 3.41. The average Bonchev–Trinajstić information content (AvgIpc) is 2.97. The first-order chi connectivity index (χ1) is 11.4. The Morgan fingerprint density at radius 1 is 1.38 bits per heavy atom. The fourth-order valence-electron chi connectivity index (χ4n) is 2.34. The molecular formula is C12H12N4O5S3. The summed E-state index contributed by atoms with van der Waals surface area (Å²) in [5.41, 5.74) is 6.30. The molecule has 3 heterocycles. The van der Waals surface area contributed by atoms with Crippen LogP contribution in [0.1, 0.15) is 5.01 Å². The minimum Gasteiger partial charge on any atom is -0.481 e. The first kappa shape index (κ1) is 17.2. The van der Waals surface area contributed by atoms with Crippen molar-refractivity contribution in [3.8, 4) is 0 Å². The van der Waals surface area contributed by atoms with Gasteiger partial charge in [-0.05, 0) is 5.57 Å². The number of hydrogen-bond acceptors (Lipinski definition) is 9. The van der Waals surface area contributed by atoms with Gasteiger partial charge in [-0.25, -0.2) is 4.79 Å². The van der Waals surface area contributed by atoms with E-state index in [1.165, 1.54) is 28.4 Å². The molecule has 1 saturated heterocycles. The summed E-state index contributed by atoms with van der Waals surface area (Å²) in [7, 11) is 0. The maximum atomic E-state index is 11.8. The molecule has 128 valence electrons. The summed E-state index contributed by atoms with van der Waals surface area (Å²) in [4.78, 5) is 35.3. The Balaban J connectivity index is 1.73. The summed E-state index contributed by atoms with van der Waals surface area (Å²) in [6, 6.07) is -0.653. The summed E-state index contributed by atoms with van der Waals surface area (Å²) >= 11 is 3.87. The Morgan fingerprint density at radius 2 is 2.12 bits per heavy atom. The van der Waals surface area contributed by atoms with E-state index in [1.54, 1.807) is 0 Å². The van der Waals surface area contributed by atoms with Gasteiger partial charge in [0.2, 0.25) is 5.91 Å². The molecule has 0 spiro atoms. The van der Waals surface area contributed by atoms with Crippen LogP contribution >= 0.6 is 34.9 Å². The van der Waals surface area contributed by atoms with Crippen molar-refractivity contribution in [3.63, 3.8) is 0 Å². The zero-order chi connectivity index (χ0) is 17.4. The predicted octanol–water partition coefficient (Wildman–Crippen LogP) is -0.162. The molecule has 1 fully saturated rings. The molecule has 0 aliphatic carbocycles. The van der Waals surface area contributed by atoms with Crippen LogP contribution in [0.15, 0.2) is 15.6 Å². The second-order valence-electron chi connectivity index (χ2n) is 5.01. The minimum atomic E-state index is -1.15. The Morgan fingerprint density at radius 3 is 2.79 bits per heavy atom. The molecule has 2 atom stereocenters. The Labute approximate surface area is 148 Å². The quantitative estimate of drug-likeness (QED) is 0.443. The van der Waals surface area contributed by atoms with Crippen LogP contribution in [-0.2, 0) is 20.8 Å². The van der Waals surface area contributed by atoms with Gasteiger partial charge in [0.25, 0.3) is 0 Å². The van der Waals surface area contributed by atoms with Crippen LogP contribution in [0.4, 0.5) is 0 Å². The maximum absolute atomic E-state index is 11.8. The van der Waals surface area contributed by atoms with Gasteiger partial charge in [0.05, 0.1) is 6.42 Å². The van der Waals surface area contributed by atoms with E-state index in [-0.39, 0.29) is 23.4 Å². The number of carboxylic acid groups (broad SMARTS) is 2. The number of amides is 1. The van der Waals surface area contributed by atoms with Gasteiger partial charge in [0.1, 0.15) is 22.1 Å². The number of carbonyl (C=O) groups excluding carboxylic acids is 1. The SMILES string of the molecule is NC1C(=O)N2C(C(=O)O)=C(CSc3nnc(CC(=O)O)s3)CS[C@@H]12. The molecule has 2 aliphatic heterocycles. The van der Waals surface area contributed by atoms with Crippen LogP contribution in [0.5, 0.6) is 0 Å². The van der Waals surface area contributed by atoms with Crippen LogP contribution in [0.2, 0.25) is 0 Å². The van der Waals surface area contributed by atoms with Crippen molar-refractivity contribution in [1.29, 1.82) is 0 Å². The Bertz CT molecular complexity index is 749. The fourth-order valence-corrected chi connectivity index (χ4v) is 5.66. The van der Waals surface area contributed by atoms with Gasteiger partial charge in [-0.3, -0.25) is 14.5 Å². The number of carboxylic acids is 2. The van der Waals surface area contributed by atoms with Crippen molar-refractivity contribution in [3.05, 3.63) is 16.3 Å². The van der Waals surface area contributed by atoms with E-state index < -0.39 is 18.0 Å². The molecule has 2 aliphatic rings. The maximum Gasteiger partial charge on any atom is 0.352 e. The molecule has 1 unspecified atom stereocenters. The molecule has 1 aromatic heterocycles. The fraction of sp³-hybridized carbons (Fsp3) is 0.417. The number of thioether (sulfide) groups is 2. The third-order valence-corrected chi connectivity index (χ3v) is 6.92. The third kappa shape index (κ3) is 3.14. The zero-order valence-corrected chi connectivity index (χ0v) is 14.5. The number of fused-ring (bicyclic) bond motifs is 1. The zero-order valence-electron chi connectivity index (χ0n) is 12.0. The van der Waals surface area contributed by atoms with Crippen molar-refractivity contribution < 1.29 is 24.6 Å². The smallest absolute Gasteiger partial charge is 0.352 e. The molecule has 3 rings (SSSR count).